The maximum absolute atomic E-state index is 5.86. The largest absolute Gasteiger partial charge is 0.439 e. The van der Waals surface area contributed by atoms with E-state index in [9.17, 15) is 0 Å². The first-order valence-electron chi connectivity index (χ1n) is 7.87. The maximum Gasteiger partial charge on any atom is 0.223 e. The van der Waals surface area contributed by atoms with Crippen LogP contribution in [0.4, 0.5) is 0 Å². The number of aromatic nitrogens is 2. The standard InChI is InChI=1S/C20H20N2OS/c1-14-4-8-17(9-5-14)13-24-20-21-16(3)12-19(22-20)23-18-10-6-15(2)7-11-18/h4-12H,13H2,1-3H3. The molecular weight excluding hydrogens is 316 g/mol. The molecule has 122 valence electrons. The van der Waals surface area contributed by atoms with Crippen molar-refractivity contribution in [3.05, 3.63) is 77.0 Å². The van der Waals surface area contributed by atoms with Gasteiger partial charge in [-0.25, -0.2) is 4.98 Å². The Kier molecular flexibility index (Phi) is 5.16. The van der Waals surface area contributed by atoms with E-state index in [2.05, 4.69) is 48.1 Å². The van der Waals surface area contributed by atoms with Gasteiger partial charge in [-0.3, -0.25) is 0 Å². The summed E-state index contributed by atoms with van der Waals surface area (Å²) in [5, 5.41) is 0.734. The van der Waals surface area contributed by atoms with Gasteiger partial charge in [0.15, 0.2) is 5.16 Å². The van der Waals surface area contributed by atoms with Crippen molar-refractivity contribution in [2.24, 2.45) is 0 Å². The zero-order valence-electron chi connectivity index (χ0n) is 14.1. The third kappa shape index (κ3) is 4.59. The van der Waals surface area contributed by atoms with Crippen molar-refractivity contribution in [3.63, 3.8) is 0 Å². The lowest BCUT2D eigenvalue weighted by Gasteiger charge is -2.08. The van der Waals surface area contributed by atoms with Gasteiger partial charge >= 0.3 is 0 Å². The molecule has 0 spiro atoms. The fourth-order valence-electron chi connectivity index (χ4n) is 2.19. The van der Waals surface area contributed by atoms with Crippen LogP contribution in [0, 0.1) is 20.8 Å². The topological polar surface area (TPSA) is 35.0 Å². The first-order valence-corrected chi connectivity index (χ1v) is 8.85. The average Bonchev–Trinajstić information content (AvgIpc) is 2.56. The van der Waals surface area contributed by atoms with E-state index in [1.54, 1.807) is 11.8 Å². The van der Waals surface area contributed by atoms with E-state index in [0.29, 0.717) is 5.88 Å². The Labute approximate surface area is 147 Å². The molecule has 0 bridgehead atoms. The fraction of sp³-hybridized carbons (Fsp3) is 0.200. The summed E-state index contributed by atoms with van der Waals surface area (Å²) in [7, 11) is 0. The Morgan fingerprint density at radius 3 is 2.12 bits per heavy atom. The van der Waals surface area contributed by atoms with Crippen LogP contribution in [0.25, 0.3) is 0 Å². The lowest BCUT2D eigenvalue weighted by Crippen LogP contribution is -1.95. The second kappa shape index (κ2) is 7.49. The zero-order chi connectivity index (χ0) is 16.9. The fourth-order valence-corrected chi connectivity index (χ4v) is 3.04. The summed E-state index contributed by atoms with van der Waals surface area (Å²) in [5.74, 6) is 2.21. The van der Waals surface area contributed by atoms with Crippen LogP contribution in [-0.2, 0) is 5.75 Å². The average molecular weight is 336 g/mol. The lowest BCUT2D eigenvalue weighted by atomic mass is 10.2. The van der Waals surface area contributed by atoms with Crippen LogP contribution in [0.2, 0.25) is 0 Å². The number of hydrogen-bond acceptors (Lipinski definition) is 4. The van der Waals surface area contributed by atoms with E-state index in [0.717, 1.165) is 22.4 Å². The Hall–Kier alpha value is -2.33. The van der Waals surface area contributed by atoms with E-state index < -0.39 is 0 Å². The number of rotatable bonds is 5. The molecule has 4 heteroatoms. The van der Waals surface area contributed by atoms with E-state index in [1.165, 1.54) is 16.7 Å². The van der Waals surface area contributed by atoms with Gasteiger partial charge < -0.3 is 4.74 Å². The summed E-state index contributed by atoms with van der Waals surface area (Å²) in [6.07, 6.45) is 0. The van der Waals surface area contributed by atoms with Crippen LogP contribution in [-0.4, -0.2) is 9.97 Å². The van der Waals surface area contributed by atoms with Crippen LogP contribution in [0.5, 0.6) is 11.6 Å². The molecular formula is C20H20N2OS. The predicted octanol–water partition coefficient (Wildman–Crippen LogP) is 5.49. The monoisotopic (exact) mass is 336 g/mol. The molecule has 0 aliphatic heterocycles. The Balaban J connectivity index is 1.71. The minimum Gasteiger partial charge on any atom is -0.439 e. The molecule has 0 atom stereocenters. The SMILES string of the molecule is Cc1ccc(CSc2nc(C)cc(Oc3ccc(C)cc3)n2)cc1. The summed E-state index contributed by atoms with van der Waals surface area (Å²) in [6.45, 7) is 6.10. The molecule has 0 aliphatic carbocycles. The van der Waals surface area contributed by atoms with Crippen molar-refractivity contribution >= 4 is 11.8 Å². The van der Waals surface area contributed by atoms with E-state index in [4.69, 9.17) is 4.74 Å². The Morgan fingerprint density at radius 2 is 1.46 bits per heavy atom. The van der Waals surface area contributed by atoms with Crippen LogP contribution < -0.4 is 4.74 Å². The summed E-state index contributed by atoms with van der Waals surface area (Å²) < 4.78 is 5.86. The summed E-state index contributed by atoms with van der Waals surface area (Å²) in [6, 6.07) is 18.3. The second-order valence-corrected chi connectivity index (χ2v) is 6.76. The van der Waals surface area contributed by atoms with Crippen molar-refractivity contribution in [2.45, 2.75) is 31.7 Å². The van der Waals surface area contributed by atoms with Crippen molar-refractivity contribution in [1.29, 1.82) is 0 Å². The van der Waals surface area contributed by atoms with Crippen LogP contribution in [0.15, 0.2) is 59.8 Å². The third-order valence-corrected chi connectivity index (χ3v) is 4.46. The minimum atomic E-state index is 0.581. The highest BCUT2D eigenvalue weighted by Gasteiger charge is 2.06. The highest BCUT2D eigenvalue weighted by atomic mass is 32.2. The molecule has 24 heavy (non-hydrogen) atoms. The molecule has 3 aromatic rings. The number of benzene rings is 2. The highest BCUT2D eigenvalue weighted by molar-refractivity contribution is 7.98. The normalized spacial score (nSPS) is 10.6. The summed E-state index contributed by atoms with van der Waals surface area (Å²) in [4.78, 5) is 9.01. The van der Waals surface area contributed by atoms with Crippen molar-refractivity contribution < 1.29 is 4.74 Å². The molecule has 0 amide bonds. The molecule has 0 fully saturated rings. The van der Waals surface area contributed by atoms with Gasteiger partial charge in [0.2, 0.25) is 5.88 Å². The van der Waals surface area contributed by atoms with Crippen molar-refractivity contribution in [2.75, 3.05) is 0 Å². The summed E-state index contributed by atoms with van der Waals surface area (Å²) >= 11 is 1.62. The Morgan fingerprint density at radius 1 is 0.833 bits per heavy atom. The number of hydrogen-bond donors (Lipinski definition) is 0. The van der Waals surface area contributed by atoms with E-state index >= 15 is 0 Å². The quantitative estimate of drug-likeness (QED) is 0.456. The smallest absolute Gasteiger partial charge is 0.223 e. The molecule has 1 heterocycles. The second-order valence-electron chi connectivity index (χ2n) is 5.82. The number of nitrogens with zero attached hydrogens (tertiary/aromatic N) is 2. The molecule has 0 unspecified atom stereocenters. The molecule has 2 aromatic carbocycles. The van der Waals surface area contributed by atoms with Crippen LogP contribution in [0.1, 0.15) is 22.4 Å². The lowest BCUT2D eigenvalue weighted by molar-refractivity contribution is 0.454. The third-order valence-electron chi connectivity index (χ3n) is 3.54. The zero-order valence-corrected chi connectivity index (χ0v) is 14.9. The van der Waals surface area contributed by atoms with Gasteiger partial charge in [0.05, 0.1) is 0 Å². The van der Waals surface area contributed by atoms with Gasteiger partial charge in [-0.1, -0.05) is 59.3 Å². The van der Waals surface area contributed by atoms with Gasteiger partial charge in [0, 0.05) is 17.5 Å². The van der Waals surface area contributed by atoms with E-state index in [1.807, 2.05) is 37.3 Å². The van der Waals surface area contributed by atoms with Gasteiger partial charge in [0.25, 0.3) is 0 Å². The van der Waals surface area contributed by atoms with Gasteiger partial charge in [-0.05, 0) is 38.5 Å². The molecule has 0 radical (unpaired) electrons. The van der Waals surface area contributed by atoms with Crippen molar-refractivity contribution in [3.8, 4) is 11.6 Å². The first kappa shape index (κ1) is 16.5. The minimum absolute atomic E-state index is 0.581. The predicted molar refractivity (Wildman–Crippen MR) is 98.8 cm³/mol. The molecule has 3 rings (SSSR count). The highest BCUT2D eigenvalue weighted by Crippen LogP contribution is 2.25. The molecule has 0 aliphatic rings. The van der Waals surface area contributed by atoms with Crippen LogP contribution >= 0.6 is 11.8 Å². The van der Waals surface area contributed by atoms with Crippen molar-refractivity contribution in [1.82, 2.24) is 9.97 Å². The molecule has 0 N–H and O–H groups in total. The number of ether oxygens (including phenoxy) is 1. The van der Waals surface area contributed by atoms with Crippen LogP contribution in [0.3, 0.4) is 0 Å². The first-order chi connectivity index (χ1) is 11.6. The maximum atomic E-state index is 5.86. The van der Waals surface area contributed by atoms with Gasteiger partial charge in [-0.2, -0.15) is 4.98 Å². The number of thioether (sulfide) groups is 1. The molecule has 0 saturated carbocycles. The Bertz CT molecular complexity index is 814. The molecule has 1 aromatic heterocycles. The number of aryl methyl sites for hydroxylation is 3. The summed E-state index contributed by atoms with van der Waals surface area (Å²) in [5.41, 5.74) is 4.63. The van der Waals surface area contributed by atoms with E-state index in [-0.39, 0.29) is 0 Å². The molecule has 0 saturated heterocycles. The van der Waals surface area contributed by atoms with Gasteiger partial charge in [-0.15, -0.1) is 0 Å². The van der Waals surface area contributed by atoms with Gasteiger partial charge in [0.1, 0.15) is 5.75 Å². The molecule has 3 nitrogen and oxygen atoms in total.